The SMILES string of the molecule is Cn1c(=O)oc2cc(CNC(=O)Cc3ccc(Cl)cc3)ccc21. The summed E-state index contributed by atoms with van der Waals surface area (Å²) in [7, 11) is 1.65. The van der Waals surface area contributed by atoms with Crippen LogP contribution in [-0.4, -0.2) is 10.5 Å². The second-order valence-corrected chi connectivity index (χ2v) is 5.75. The van der Waals surface area contributed by atoms with Crippen LogP contribution in [0.25, 0.3) is 11.1 Å². The monoisotopic (exact) mass is 330 g/mol. The number of oxazole rings is 1. The molecule has 23 heavy (non-hydrogen) atoms. The van der Waals surface area contributed by atoms with Gasteiger partial charge in [-0.2, -0.15) is 0 Å². The zero-order valence-electron chi connectivity index (χ0n) is 12.5. The lowest BCUT2D eigenvalue weighted by Crippen LogP contribution is -2.24. The predicted octanol–water partition coefficient (Wildman–Crippen LogP) is 2.64. The Morgan fingerprint density at radius 2 is 1.87 bits per heavy atom. The summed E-state index contributed by atoms with van der Waals surface area (Å²) in [6, 6.07) is 12.6. The van der Waals surface area contributed by atoms with E-state index >= 15 is 0 Å². The third-order valence-corrected chi connectivity index (χ3v) is 3.88. The maximum atomic E-state index is 12.0. The van der Waals surface area contributed by atoms with Crippen molar-refractivity contribution in [3.8, 4) is 0 Å². The number of aromatic nitrogens is 1. The van der Waals surface area contributed by atoms with Gasteiger partial charge in [0, 0.05) is 18.6 Å². The summed E-state index contributed by atoms with van der Waals surface area (Å²) in [5.41, 5.74) is 3.01. The Bertz CT molecular complexity index is 910. The first-order valence-corrected chi connectivity index (χ1v) is 7.50. The van der Waals surface area contributed by atoms with E-state index in [2.05, 4.69) is 5.32 Å². The van der Waals surface area contributed by atoms with Gasteiger partial charge in [0.15, 0.2) is 5.58 Å². The number of hydrogen-bond donors (Lipinski definition) is 1. The molecule has 1 aromatic heterocycles. The highest BCUT2D eigenvalue weighted by Crippen LogP contribution is 2.14. The Hall–Kier alpha value is -2.53. The molecule has 0 unspecified atom stereocenters. The molecule has 6 heteroatoms. The number of halogens is 1. The second kappa shape index (κ2) is 6.30. The average Bonchev–Trinajstić information content (AvgIpc) is 2.82. The standard InChI is InChI=1S/C17H15ClN2O3/c1-20-14-7-4-12(8-15(14)23-17(20)22)10-19-16(21)9-11-2-5-13(18)6-3-11/h2-8H,9-10H2,1H3,(H,19,21). The highest BCUT2D eigenvalue weighted by Gasteiger charge is 2.08. The fourth-order valence-corrected chi connectivity index (χ4v) is 2.47. The van der Waals surface area contributed by atoms with Gasteiger partial charge in [-0.25, -0.2) is 4.79 Å². The van der Waals surface area contributed by atoms with Gasteiger partial charge >= 0.3 is 5.76 Å². The van der Waals surface area contributed by atoms with Crippen molar-refractivity contribution >= 4 is 28.6 Å². The third kappa shape index (κ3) is 3.46. The van der Waals surface area contributed by atoms with Crippen molar-refractivity contribution in [1.82, 2.24) is 9.88 Å². The summed E-state index contributed by atoms with van der Waals surface area (Å²) in [6.07, 6.45) is 0.292. The molecule has 3 aromatic rings. The molecule has 0 fully saturated rings. The van der Waals surface area contributed by atoms with Crippen LogP contribution < -0.4 is 11.1 Å². The van der Waals surface area contributed by atoms with Gasteiger partial charge in [-0.15, -0.1) is 0 Å². The van der Waals surface area contributed by atoms with Crippen molar-refractivity contribution in [2.75, 3.05) is 0 Å². The normalized spacial score (nSPS) is 10.9. The van der Waals surface area contributed by atoms with Crippen LogP contribution in [0.3, 0.4) is 0 Å². The predicted molar refractivity (Wildman–Crippen MR) is 88.5 cm³/mol. The van der Waals surface area contributed by atoms with Crippen LogP contribution >= 0.6 is 11.6 Å². The fraction of sp³-hybridized carbons (Fsp3) is 0.176. The largest absolute Gasteiger partial charge is 0.419 e. The van der Waals surface area contributed by atoms with Crippen LogP contribution in [0.1, 0.15) is 11.1 Å². The lowest BCUT2D eigenvalue weighted by molar-refractivity contribution is -0.120. The van der Waals surface area contributed by atoms with E-state index in [1.54, 1.807) is 31.3 Å². The number of carbonyl (C=O) groups excluding carboxylic acids is 1. The number of carbonyl (C=O) groups is 1. The number of fused-ring (bicyclic) bond motifs is 1. The van der Waals surface area contributed by atoms with Crippen LogP contribution in [0.4, 0.5) is 0 Å². The summed E-state index contributed by atoms with van der Waals surface area (Å²) < 4.78 is 6.58. The molecule has 0 aliphatic carbocycles. The topological polar surface area (TPSA) is 64.2 Å². The number of aryl methyl sites for hydroxylation is 1. The molecule has 0 aliphatic rings. The maximum Gasteiger partial charge on any atom is 0.419 e. The molecule has 0 spiro atoms. The second-order valence-electron chi connectivity index (χ2n) is 5.31. The molecule has 118 valence electrons. The van der Waals surface area contributed by atoms with Crippen molar-refractivity contribution in [2.45, 2.75) is 13.0 Å². The van der Waals surface area contributed by atoms with Gasteiger partial charge in [0.1, 0.15) is 0 Å². The molecule has 1 amide bonds. The van der Waals surface area contributed by atoms with Crippen molar-refractivity contribution in [1.29, 1.82) is 0 Å². The highest BCUT2D eigenvalue weighted by molar-refractivity contribution is 6.30. The van der Waals surface area contributed by atoms with E-state index in [1.807, 2.05) is 18.2 Å². The van der Waals surface area contributed by atoms with Gasteiger partial charge in [-0.05, 0) is 35.4 Å². The van der Waals surface area contributed by atoms with Crippen molar-refractivity contribution in [2.24, 2.45) is 7.05 Å². The third-order valence-electron chi connectivity index (χ3n) is 3.62. The minimum Gasteiger partial charge on any atom is -0.408 e. The van der Waals surface area contributed by atoms with E-state index in [1.165, 1.54) is 4.57 Å². The van der Waals surface area contributed by atoms with E-state index in [-0.39, 0.29) is 5.91 Å². The molecule has 5 nitrogen and oxygen atoms in total. The average molecular weight is 331 g/mol. The Morgan fingerprint density at radius 3 is 2.61 bits per heavy atom. The number of nitrogens with one attached hydrogen (secondary N) is 1. The van der Waals surface area contributed by atoms with Crippen LogP contribution in [0.5, 0.6) is 0 Å². The van der Waals surface area contributed by atoms with Crippen LogP contribution in [0.15, 0.2) is 51.7 Å². The number of amides is 1. The molecule has 0 saturated carbocycles. The number of rotatable bonds is 4. The quantitative estimate of drug-likeness (QED) is 0.800. The van der Waals surface area contributed by atoms with Crippen LogP contribution in [0.2, 0.25) is 5.02 Å². The lowest BCUT2D eigenvalue weighted by Gasteiger charge is -2.06. The molecule has 0 bridgehead atoms. The van der Waals surface area contributed by atoms with E-state index in [9.17, 15) is 9.59 Å². The molecule has 0 atom stereocenters. The molecule has 1 heterocycles. The molecule has 0 radical (unpaired) electrons. The fourth-order valence-electron chi connectivity index (χ4n) is 2.34. The summed E-state index contributed by atoms with van der Waals surface area (Å²) in [6.45, 7) is 0.376. The zero-order valence-corrected chi connectivity index (χ0v) is 13.3. The lowest BCUT2D eigenvalue weighted by atomic mass is 10.1. The van der Waals surface area contributed by atoms with Crippen molar-refractivity contribution in [3.63, 3.8) is 0 Å². The van der Waals surface area contributed by atoms with Gasteiger partial charge in [0.05, 0.1) is 11.9 Å². The first-order valence-electron chi connectivity index (χ1n) is 7.12. The number of benzene rings is 2. The first kappa shape index (κ1) is 15.4. The van der Waals surface area contributed by atoms with Crippen molar-refractivity contribution in [3.05, 3.63) is 69.2 Å². The Labute approximate surface area is 137 Å². The number of nitrogens with zero attached hydrogens (tertiary/aromatic N) is 1. The van der Waals surface area contributed by atoms with Gasteiger partial charge in [-0.3, -0.25) is 9.36 Å². The molecule has 3 rings (SSSR count). The molecular weight excluding hydrogens is 316 g/mol. The summed E-state index contributed by atoms with van der Waals surface area (Å²) in [5.74, 6) is -0.481. The number of hydrogen-bond acceptors (Lipinski definition) is 3. The van der Waals surface area contributed by atoms with E-state index in [4.69, 9.17) is 16.0 Å². The summed E-state index contributed by atoms with van der Waals surface area (Å²) in [4.78, 5) is 23.4. The van der Waals surface area contributed by atoms with Gasteiger partial charge in [0.2, 0.25) is 5.91 Å². The molecular formula is C17H15ClN2O3. The van der Waals surface area contributed by atoms with Gasteiger partial charge < -0.3 is 9.73 Å². The van der Waals surface area contributed by atoms with Crippen LogP contribution in [-0.2, 0) is 24.8 Å². The van der Waals surface area contributed by atoms with Gasteiger partial charge in [-0.1, -0.05) is 29.8 Å². The molecule has 0 aliphatic heterocycles. The van der Waals surface area contributed by atoms with Gasteiger partial charge in [0.25, 0.3) is 0 Å². The molecule has 0 saturated heterocycles. The first-order chi connectivity index (χ1) is 11.0. The van der Waals surface area contributed by atoms with E-state index in [0.29, 0.717) is 23.6 Å². The Balaban J connectivity index is 1.64. The summed E-state index contributed by atoms with van der Waals surface area (Å²) >= 11 is 5.82. The minimum atomic E-state index is -0.399. The highest BCUT2D eigenvalue weighted by atomic mass is 35.5. The smallest absolute Gasteiger partial charge is 0.408 e. The molecule has 2 aromatic carbocycles. The van der Waals surface area contributed by atoms with Crippen molar-refractivity contribution < 1.29 is 9.21 Å². The summed E-state index contributed by atoms with van der Waals surface area (Å²) in [5, 5.41) is 3.49. The maximum absolute atomic E-state index is 12.0. The Kier molecular flexibility index (Phi) is 4.21. The molecule has 1 N–H and O–H groups in total. The van der Waals surface area contributed by atoms with E-state index < -0.39 is 5.76 Å². The Morgan fingerprint density at radius 1 is 1.17 bits per heavy atom. The van der Waals surface area contributed by atoms with E-state index in [0.717, 1.165) is 16.6 Å². The zero-order chi connectivity index (χ0) is 16.4. The minimum absolute atomic E-state index is 0.0815. The van der Waals surface area contributed by atoms with Crippen LogP contribution in [0, 0.1) is 0 Å².